The molecule has 1 saturated heterocycles. The third kappa shape index (κ3) is 3.54. The minimum absolute atomic E-state index is 0.595. The van der Waals surface area contributed by atoms with Crippen molar-refractivity contribution in [3.05, 3.63) is 34.9 Å². The van der Waals surface area contributed by atoms with Gasteiger partial charge in [0.2, 0.25) is 0 Å². The van der Waals surface area contributed by atoms with E-state index in [1.165, 1.54) is 19.3 Å². The molecule has 0 bridgehead atoms. The molecule has 4 heteroatoms. The second kappa shape index (κ2) is 6.80. The molecule has 0 saturated carbocycles. The van der Waals surface area contributed by atoms with Crippen LogP contribution >= 0.6 is 11.6 Å². The summed E-state index contributed by atoms with van der Waals surface area (Å²) in [4.78, 5) is 13.0. The molecule has 0 aromatic heterocycles. The van der Waals surface area contributed by atoms with Gasteiger partial charge < -0.3 is 10.0 Å². The maximum absolute atomic E-state index is 10.7. The molecule has 1 aliphatic rings. The number of aliphatic carboxylic acids is 1. The Labute approximate surface area is 124 Å². The Bertz CT molecular complexity index is 505. The lowest BCUT2D eigenvalue weighted by molar-refractivity contribution is -0.131. The van der Waals surface area contributed by atoms with E-state index >= 15 is 0 Å². The first-order valence-corrected chi connectivity index (χ1v) is 7.44. The quantitative estimate of drug-likeness (QED) is 0.851. The largest absolute Gasteiger partial charge is 0.478 e. The van der Waals surface area contributed by atoms with E-state index in [4.69, 9.17) is 16.7 Å². The lowest BCUT2D eigenvalue weighted by Crippen LogP contribution is -2.33. The summed E-state index contributed by atoms with van der Waals surface area (Å²) in [6.07, 6.45) is 6.33. The van der Waals surface area contributed by atoms with Gasteiger partial charge in [-0.3, -0.25) is 0 Å². The molecule has 1 heterocycles. The summed E-state index contributed by atoms with van der Waals surface area (Å²) >= 11 is 6.22. The number of hydrogen-bond acceptors (Lipinski definition) is 2. The van der Waals surface area contributed by atoms with E-state index in [9.17, 15) is 4.79 Å². The fourth-order valence-corrected chi connectivity index (χ4v) is 2.94. The number of halogens is 1. The van der Waals surface area contributed by atoms with Gasteiger partial charge in [-0.1, -0.05) is 31.0 Å². The Morgan fingerprint density at radius 1 is 1.45 bits per heavy atom. The Hall–Kier alpha value is -1.48. The number of hydrogen-bond donors (Lipinski definition) is 1. The molecule has 1 aromatic carbocycles. The minimum atomic E-state index is -0.958. The molecular weight excluding hydrogens is 274 g/mol. The highest BCUT2D eigenvalue weighted by Crippen LogP contribution is 2.32. The van der Waals surface area contributed by atoms with E-state index in [0.717, 1.165) is 36.3 Å². The van der Waals surface area contributed by atoms with E-state index in [-0.39, 0.29) is 0 Å². The van der Waals surface area contributed by atoms with E-state index in [1.54, 1.807) is 12.1 Å². The molecule has 0 radical (unpaired) electrons. The molecule has 0 atom stereocenters. The monoisotopic (exact) mass is 293 g/mol. The van der Waals surface area contributed by atoms with Crippen molar-refractivity contribution in [1.29, 1.82) is 0 Å². The van der Waals surface area contributed by atoms with Crippen LogP contribution in [0.15, 0.2) is 24.3 Å². The van der Waals surface area contributed by atoms with Crippen LogP contribution in [0.4, 0.5) is 5.69 Å². The number of benzene rings is 1. The SMILES string of the molecule is CCC1CCN(c2cccc(Cl)c2C=CC(=O)O)CC1. The third-order valence-electron chi connectivity index (χ3n) is 3.96. The van der Waals surface area contributed by atoms with Gasteiger partial charge >= 0.3 is 5.97 Å². The number of nitrogens with zero attached hydrogens (tertiary/aromatic N) is 1. The second-order valence-corrected chi connectivity index (χ2v) is 5.59. The first kappa shape index (κ1) is 14.9. The summed E-state index contributed by atoms with van der Waals surface area (Å²) in [7, 11) is 0. The molecule has 3 nitrogen and oxygen atoms in total. The van der Waals surface area contributed by atoms with Crippen LogP contribution < -0.4 is 4.90 Å². The Morgan fingerprint density at radius 2 is 2.15 bits per heavy atom. The second-order valence-electron chi connectivity index (χ2n) is 5.18. The zero-order chi connectivity index (χ0) is 14.5. The highest BCUT2D eigenvalue weighted by molar-refractivity contribution is 6.32. The third-order valence-corrected chi connectivity index (χ3v) is 4.28. The number of carboxylic acid groups (broad SMARTS) is 1. The molecule has 0 unspecified atom stereocenters. The van der Waals surface area contributed by atoms with E-state index < -0.39 is 5.97 Å². The van der Waals surface area contributed by atoms with Gasteiger partial charge in [0, 0.05) is 35.4 Å². The van der Waals surface area contributed by atoms with Gasteiger partial charge in [-0.25, -0.2) is 4.79 Å². The first-order chi connectivity index (χ1) is 9.61. The van der Waals surface area contributed by atoms with Gasteiger partial charge in [0.25, 0.3) is 0 Å². The van der Waals surface area contributed by atoms with Gasteiger partial charge in [0.15, 0.2) is 0 Å². The summed E-state index contributed by atoms with van der Waals surface area (Å²) in [6.45, 7) is 4.25. The van der Waals surface area contributed by atoms with Crippen molar-refractivity contribution in [2.24, 2.45) is 5.92 Å². The lowest BCUT2D eigenvalue weighted by Gasteiger charge is -2.34. The fraction of sp³-hybridized carbons (Fsp3) is 0.438. The molecule has 1 N–H and O–H groups in total. The molecule has 1 fully saturated rings. The van der Waals surface area contributed by atoms with Crippen molar-refractivity contribution >= 4 is 29.3 Å². The van der Waals surface area contributed by atoms with Crippen LogP contribution in [0.5, 0.6) is 0 Å². The molecule has 2 rings (SSSR count). The van der Waals surface area contributed by atoms with Gasteiger partial charge in [-0.15, -0.1) is 0 Å². The molecule has 1 aliphatic heterocycles. The summed E-state index contributed by atoms with van der Waals surface area (Å²) in [5, 5.41) is 9.39. The maximum atomic E-state index is 10.7. The highest BCUT2D eigenvalue weighted by atomic mass is 35.5. The standard InChI is InChI=1S/C16H20ClNO2/c1-2-12-8-10-18(11-9-12)15-5-3-4-14(17)13(15)6-7-16(19)20/h3-7,12H,2,8-11H2,1H3,(H,19,20). The summed E-state index contributed by atoms with van der Waals surface area (Å²) in [6, 6.07) is 5.73. The Balaban J connectivity index is 2.23. The predicted molar refractivity (Wildman–Crippen MR) is 83.3 cm³/mol. The van der Waals surface area contributed by atoms with Gasteiger partial charge in [-0.05, 0) is 37.0 Å². The topological polar surface area (TPSA) is 40.5 Å². The molecule has 1 aromatic rings. The average molecular weight is 294 g/mol. The van der Waals surface area contributed by atoms with Gasteiger partial charge in [-0.2, -0.15) is 0 Å². The highest BCUT2D eigenvalue weighted by Gasteiger charge is 2.20. The van der Waals surface area contributed by atoms with Crippen molar-refractivity contribution in [3.63, 3.8) is 0 Å². The summed E-state index contributed by atoms with van der Waals surface area (Å²) in [5.41, 5.74) is 1.83. The number of anilines is 1. The fourth-order valence-electron chi connectivity index (χ4n) is 2.70. The van der Waals surface area contributed by atoms with Crippen molar-refractivity contribution in [1.82, 2.24) is 0 Å². The van der Waals surface area contributed by atoms with Crippen LogP contribution in [0, 0.1) is 5.92 Å². The van der Waals surface area contributed by atoms with Crippen LogP contribution in [0.1, 0.15) is 31.7 Å². The van der Waals surface area contributed by atoms with Crippen molar-refractivity contribution in [2.45, 2.75) is 26.2 Å². The van der Waals surface area contributed by atoms with Crippen molar-refractivity contribution in [3.8, 4) is 0 Å². The number of carboxylic acids is 1. The minimum Gasteiger partial charge on any atom is -0.478 e. The average Bonchev–Trinajstić information content (AvgIpc) is 2.45. The molecule has 0 aliphatic carbocycles. The number of carbonyl (C=O) groups is 1. The van der Waals surface area contributed by atoms with Crippen LogP contribution in [-0.4, -0.2) is 24.2 Å². The Morgan fingerprint density at radius 3 is 2.75 bits per heavy atom. The zero-order valence-corrected chi connectivity index (χ0v) is 12.4. The van der Waals surface area contributed by atoms with E-state index in [0.29, 0.717) is 5.02 Å². The van der Waals surface area contributed by atoms with Crippen LogP contribution in [0.2, 0.25) is 5.02 Å². The summed E-state index contributed by atoms with van der Waals surface area (Å²) in [5.74, 6) is -0.149. The smallest absolute Gasteiger partial charge is 0.328 e. The number of rotatable bonds is 4. The van der Waals surface area contributed by atoms with Crippen LogP contribution in [0.3, 0.4) is 0 Å². The lowest BCUT2D eigenvalue weighted by atomic mass is 9.93. The van der Waals surface area contributed by atoms with E-state index in [1.807, 2.05) is 12.1 Å². The van der Waals surface area contributed by atoms with Gasteiger partial charge in [0.1, 0.15) is 0 Å². The molecule has 20 heavy (non-hydrogen) atoms. The molecular formula is C16H20ClNO2. The predicted octanol–water partition coefficient (Wildman–Crippen LogP) is 4.06. The zero-order valence-electron chi connectivity index (χ0n) is 11.7. The first-order valence-electron chi connectivity index (χ1n) is 7.06. The van der Waals surface area contributed by atoms with Gasteiger partial charge in [0.05, 0.1) is 0 Å². The normalized spacial score (nSPS) is 16.8. The maximum Gasteiger partial charge on any atom is 0.328 e. The summed E-state index contributed by atoms with van der Waals surface area (Å²) < 4.78 is 0. The van der Waals surface area contributed by atoms with Crippen LogP contribution in [0.25, 0.3) is 6.08 Å². The van der Waals surface area contributed by atoms with Crippen LogP contribution in [-0.2, 0) is 4.79 Å². The molecule has 0 spiro atoms. The molecule has 0 amide bonds. The molecule has 108 valence electrons. The Kier molecular flexibility index (Phi) is 5.07. The van der Waals surface area contributed by atoms with Crippen molar-refractivity contribution in [2.75, 3.05) is 18.0 Å². The number of piperidine rings is 1. The van der Waals surface area contributed by atoms with E-state index in [2.05, 4.69) is 11.8 Å². The van der Waals surface area contributed by atoms with Crippen molar-refractivity contribution < 1.29 is 9.90 Å².